The number of esters is 1. The highest BCUT2D eigenvalue weighted by atomic mass is 16.6. The Labute approximate surface area is 210 Å². The number of methoxy groups -OCH3 is 1. The number of benzene rings is 2. The molecule has 2 amide bonds. The average Bonchev–Trinajstić information content (AvgIpc) is 3.23. The Kier molecular flexibility index (Phi) is 7.28. The first-order valence-corrected chi connectivity index (χ1v) is 12.0. The molecule has 0 aliphatic carbocycles. The lowest BCUT2D eigenvalue weighted by Crippen LogP contribution is -2.51. The molecule has 0 atom stereocenters. The van der Waals surface area contributed by atoms with Crippen molar-refractivity contribution in [3.05, 3.63) is 59.8 Å². The third-order valence-electron chi connectivity index (χ3n) is 5.95. The van der Waals surface area contributed by atoms with E-state index < -0.39 is 5.60 Å². The van der Waals surface area contributed by atoms with Gasteiger partial charge in [0.2, 0.25) is 5.91 Å². The second-order valence-electron chi connectivity index (χ2n) is 9.85. The van der Waals surface area contributed by atoms with Crippen molar-refractivity contribution in [3.63, 3.8) is 0 Å². The lowest BCUT2D eigenvalue weighted by molar-refractivity contribution is -0.154. The molecule has 3 aromatic rings. The first-order valence-electron chi connectivity index (χ1n) is 12.0. The number of piperazine rings is 1. The van der Waals surface area contributed by atoms with Crippen LogP contribution in [0.15, 0.2) is 48.7 Å². The molecule has 1 aliphatic heterocycles. The summed E-state index contributed by atoms with van der Waals surface area (Å²) in [6.07, 6.45) is 1.87. The molecule has 1 fully saturated rings. The van der Waals surface area contributed by atoms with Crippen molar-refractivity contribution in [2.45, 2.75) is 39.3 Å². The Hall–Kier alpha value is -3.88. The number of hydrogen-bond donors (Lipinski definition) is 0. The van der Waals surface area contributed by atoms with Crippen LogP contribution < -0.4 is 4.74 Å². The van der Waals surface area contributed by atoms with Crippen LogP contribution in [0.2, 0.25) is 0 Å². The fourth-order valence-electron chi connectivity index (χ4n) is 4.25. The molecule has 36 heavy (non-hydrogen) atoms. The van der Waals surface area contributed by atoms with Gasteiger partial charge in [-0.3, -0.25) is 19.1 Å². The summed E-state index contributed by atoms with van der Waals surface area (Å²) in [5.41, 5.74) is 1.46. The van der Waals surface area contributed by atoms with E-state index in [-0.39, 0.29) is 30.7 Å². The van der Waals surface area contributed by atoms with Gasteiger partial charge in [0.1, 0.15) is 17.9 Å². The van der Waals surface area contributed by atoms with Crippen LogP contribution in [-0.4, -0.2) is 76.3 Å². The third kappa shape index (κ3) is 6.02. The minimum atomic E-state index is -0.569. The highest BCUT2D eigenvalue weighted by Gasteiger charge is 2.25. The summed E-state index contributed by atoms with van der Waals surface area (Å²) < 4.78 is 12.5. The first-order chi connectivity index (χ1) is 17.1. The topological polar surface area (TPSA) is 94.0 Å². The lowest BCUT2D eigenvalue weighted by atomic mass is 10.1. The average molecular weight is 493 g/mol. The van der Waals surface area contributed by atoms with Gasteiger partial charge in [0.05, 0.1) is 19.0 Å². The molecule has 9 heteroatoms. The quantitative estimate of drug-likeness (QED) is 0.491. The van der Waals surface area contributed by atoms with Crippen LogP contribution in [0.25, 0.3) is 10.9 Å². The second-order valence-corrected chi connectivity index (χ2v) is 9.85. The van der Waals surface area contributed by atoms with Crippen molar-refractivity contribution in [1.82, 2.24) is 19.6 Å². The monoisotopic (exact) mass is 492 g/mol. The van der Waals surface area contributed by atoms with E-state index >= 15 is 0 Å². The molecular formula is C27H32N4O5. The predicted octanol–water partition coefficient (Wildman–Crippen LogP) is 2.91. The maximum Gasteiger partial charge on any atom is 0.310 e. The molecule has 190 valence electrons. The number of amides is 2. The predicted molar refractivity (Wildman–Crippen MR) is 135 cm³/mol. The number of aromatic nitrogens is 2. The molecule has 9 nitrogen and oxygen atoms in total. The van der Waals surface area contributed by atoms with Crippen LogP contribution in [0.1, 0.15) is 36.7 Å². The molecule has 0 spiro atoms. The van der Waals surface area contributed by atoms with Crippen molar-refractivity contribution in [2.24, 2.45) is 0 Å². The molecule has 0 N–H and O–H groups in total. The van der Waals surface area contributed by atoms with Crippen LogP contribution in [0.4, 0.5) is 0 Å². The number of hydrogen-bond acceptors (Lipinski definition) is 6. The van der Waals surface area contributed by atoms with Gasteiger partial charge < -0.3 is 19.3 Å². The van der Waals surface area contributed by atoms with Crippen molar-refractivity contribution >= 4 is 28.7 Å². The smallest absolute Gasteiger partial charge is 0.310 e. The maximum atomic E-state index is 12.9. The zero-order valence-electron chi connectivity index (χ0n) is 21.2. The summed E-state index contributed by atoms with van der Waals surface area (Å²) in [5.74, 6) is 0.129. The van der Waals surface area contributed by atoms with E-state index in [9.17, 15) is 14.4 Å². The third-order valence-corrected chi connectivity index (χ3v) is 5.95. The van der Waals surface area contributed by atoms with Crippen molar-refractivity contribution in [3.8, 4) is 5.75 Å². The largest absolute Gasteiger partial charge is 0.496 e. The van der Waals surface area contributed by atoms with Gasteiger partial charge in [-0.05, 0) is 39.0 Å². The van der Waals surface area contributed by atoms with E-state index in [0.29, 0.717) is 48.6 Å². The highest BCUT2D eigenvalue weighted by molar-refractivity contribution is 5.94. The van der Waals surface area contributed by atoms with Gasteiger partial charge >= 0.3 is 5.97 Å². The Balaban J connectivity index is 1.39. The first kappa shape index (κ1) is 25.2. The Morgan fingerprint density at radius 2 is 1.64 bits per heavy atom. The van der Waals surface area contributed by atoms with Gasteiger partial charge in [0, 0.05) is 55.0 Å². The van der Waals surface area contributed by atoms with Gasteiger partial charge in [0.25, 0.3) is 5.91 Å². The zero-order chi connectivity index (χ0) is 25.9. The summed E-state index contributed by atoms with van der Waals surface area (Å²) in [5, 5.41) is 5.33. The van der Waals surface area contributed by atoms with Gasteiger partial charge in [-0.1, -0.05) is 18.2 Å². The van der Waals surface area contributed by atoms with E-state index in [1.54, 1.807) is 46.0 Å². The molecule has 2 heterocycles. The van der Waals surface area contributed by atoms with Crippen LogP contribution in [0.5, 0.6) is 5.75 Å². The molecule has 0 bridgehead atoms. The molecular weight excluding hydrogens is 460 g/mol. The summed E-state index contributed by atoms with van der Waals surface area (Å²) in [7, 11) is 1.54. The molecule has 0 unspecified atom stereocenters. The summed E-state index contributed by atoms with van der Waals surface area (Å²) in [6, 6.07) is 12.8. The minimum absolute atomic E-state index is 0.0165. The number of nitrogens with zero attached hydrogens (tertiary/aromatic N) is 4. The second kappa shape index (κ2) is 10.4. The molecule has 4 rings (SSSR count). The van der Waals surface area contributed by atoms with Crippen molar-refractivity contribution in [2.75, 3.05) is 33.3 Å². The molecule has 1 aromatic heterocycles. The summed E-state index contributed by atoms with van der Waals surface area (Å²) >= 11 is 0. The lowest BCUT2D eigenvalue weighted by Gasteiger charge is -2.34. The van der Waals surface area contributed by atoms with Gasteiger partial charge in [-0.2, -0.15) is 5.10 Å². The van der Waals surface area contributed by atoms with Crippen molar-refractivity contribution < 1.29 is 23.9 Å². The SMILES string of the molecule is COc1cc2nn(CC(=O)N3CCN(C(=O)c4ccccc4)CC3)cc2cc1CC(=O)OC(C)(C)C. The van der Waals surface area contributed by atoms with Crippen molar-refractivity contribution in [1.29, 1.82) is 0 Å². The fraction of sp³-hybridized carbons (Fsp3) is 0.407. The number of rotatable bonds is 6. The number of fused-ring (bicyclic) bond motifs is 1. The molecule has 0 saturated carbocycles. The van der Waals surface area contributed by atoms with Crippen LogP contribution in [0, 0.1) is 0 Å². The maximum absolute atomic E-state index is 12.9. The van der Waals surface area contributed by atoms with E-state index in [4.69, 9.17) is 9.47 Å². The van der Waals surface area contributed by atoms with Gasteiger partial charge in [-0.25, -0.2) is 0 Å². The van der Waals surface area contributed by atoms with Gasteiger partial charge in [0.15, 0.2) is 0 Å². The van der Waals surface area contributed by atoms with Crippen LogP contribution in [-0.2, 0) is 27.3 Å². The van der Waals surface area contributed by atoms with Crippen LogP contribution >= 0.6 is 0 Å². The number of ether oxygens (including phenoxy) is 2. The molecule has 1 saturated heterocycles. The number of carbonyl (C=O) groups excluding carboxylic acids is 3. The standard InChI is InChI=1S/C27H32N4O5/c1-27(2,3)36-25(33)15-20-14-21-17-31(28-22(21)16-23(20)35-4)18-24(32)29-10-12-30(13-11-29)26(34)19-8-6-5-7-9-19/h5-9,14,16-17H,10-13,15,18H2,1-4H3. The summed E-state index contributed by atoms with van der Waals surface area (Å²) in [4.78, 5) is 41.5. The Bertz CT molecular complexity index is 1250. The molecule has 1 aliphatic rings. The Morgan fingerprint density at radius 3 is 2.28 bits per heavy atom. The van der Waals surface area contributed by atoms with Crippen LogP contribution in [0.3, 0.4) is 0 Å². The van der Waals surface area contributed by atoms with E-state index in [1.165, 1.54) is 0 Å². The highest BCUT2D eigenvalue weighted by Crippen LogP contribution is 2.26. The van der Waals surface area contributed by atoms with E-state index in [2.05, 4.69) is 5.10 Å². The van der Waals surface area contributed by atoms with Gasteiger partial charge in [-0.15, -0.1) is 0 Å². The van der Waals surface area contributed by atoms with E-state index in [1.807, 2.05) is 45.0 Å². The number of carbonyl (C=O) groups is 3. The molecule has 0 radical (unpaired) electrons. The van der Waals surface area contributed by atoms with E-state index in [0.717, 1.165) is 5.39 Å². The Morgan fingerprint density at radius 1 is 0.972 bits per heavy atom. The fourth-order valence-corrected chi connectivity index (χ4v) is 4.25. The molecule has 2 aromatic carbocycles. The summed E-state index contributed by atoms with van der Waals surface area (Å²) in [6.45, 7) is 7.51. The minimum Gasteiger partial charge on any atom is -0.496 e. The normalized spacial score (nSPS) is 14.1. The zero-order valence-corrected chi connectivity index (χ0v) is 21.2.